The molecule has 3 aromatic rings. The first-order valence-electron chi connectivity index (χ1n) is 7.56. The zero-order valence-corrected chi connectivity index (χ0v) is 14.6. The van der Waals surface area contributed by atoms with Crippen LogP contribution in [0.1, 0.15) is 17.6 Å². The molecule has 0 aliphatic carbocycles. The molecule has 2 aromatic heterocycles. The van der Waals surface area contributed by atoms with Crippen molar-refractivity contribution in [2.45, 2.75) is 24.8 Å². The number of benzene rings is 1. The highest BCUT2D eigenvalue weighted by Crippen LogP contribution is 2.35. The summed E-state index contributed by atoms with van der Waals surface area (Å²) in [4.78, 5) is 32.5. The van der Waals surface area contributed by atoms with Gasteiger partial charge in [-0.05, 0) is 18.6 Å². The fourth-order valence-electron chi connectivity index (χ4n) is 2.61. The molecule has 0 radical (unpaired) electrons. The molecule has 1 aliphatic heterocycles. The van der Waals surface area contributed by atoms with Gasteiger partial charge in [0.2, 0.25) is 10.9 Å². The summed E-state index contributed by atoms with van der Waals surface area (Å²) in [5, 5.41) is 5.11. The molecule has 24 heavy (non-hydrogen) atoms. The summed E-state index contributed by atoms with van der Waals surface area (Å²) >= 11 is 2.94. The lowest BCUT2D eigenvalue weighted by atomic mass is 10.2. The Hall–Kier alpha value is -2.19. The van der Waals surface area contributed by atoms with Crippen molar-refractivity contribution in [1.29, 1.82) is 0 Å². The second-order valence-corrected chi connectivity index (χ2v) is 7.42. The molecule has 0 bridgehead atoms. The third kappa shape index (κ3) is 2.61. The molecule has 0 unspecified atom stereocenters. The summed E-state index contributed by atoms with van der Waals surface area (Å²) in [5.41, 5.74) is 1.25. The molecule has 122 valence electrons. The fraction of sp³-hybridized carbons (Fsp3) is 0.250. The Balaban J connectivity index is 1.74. The molecule has 0 atom stereocenters. The Morgan fingerprint density at radius 3 is 2.92 bits per heavy atom. The average Bonchev–Trinajstić information content (AvgIpc) is 3.01. The van der Waals surface area contributed by atoms with Gasteiger partial charge in [-0.3, -0.25) is 9.59 Å². The third-order valence-electron chi connectivity index (χ3n) is 3.77. The van der Waals surface area contributed by atoms with E-state index >= 15 is 0 Å². The van der Waals surface area contributed by atoms with Crippen LogP contribution < -0.4 is 10.5 Å². The second-order valence-electron chi connectivity index (χ2n) is 5.37. The number of hydrogen-bond acceptors (Lipinski definition) is 6. The molecular formula is C16H14N4O2S2. The minimum Gasteiger partial charge on any atom is -0.305 e. The predicted molar refractivity (Wildman–Crippen MR) is 94.9 cm³/mol. The maximum atomic E-state index is 12.3. The van der Waals surface area contributed by atoms with Gasteiger partial charge in [-0.15, -0.1) is 11.8 Å². The summed E-state index contributed by atoms with van der Waals surface area (Å²) in [5.74, 6) is 0.429. The number of nitrogens with zero attached hydrogens (tertiary/aromatic N) is 4. The van der Waals surface area contributed by atoms with E-state index in [0.29, 0.717) is 23.0 Å². The van der Waals surface area contributed by atoms with Crippen LogP contribution in [0.25, 0.3) is 4.96 Å². The summed E-state index contributed by atoms with van der Waals surface area (Å²) in [6, 6.07) is 9.26. The summed E-state index contributed by atoms with van der Waals surface area (Å²) in [6.45, 7) is 2.28. The molecule has 3 heterocycles. The van der Waals surface area contributed by atoms with Gasteiger partial charge in [-0.25, -0.2) is 4.98 Å². The van der Waals surface area contributed by atoms with Gasteiger partial charge >= 0.3 is 0 Å². The van der Waals surface area contributed by atoms with Gasteiger partial charge in [0.15, 0.2) is 0 Å². The molecule has 0 fully saturated rings. The van der Waals surface area contributed by atoms with Crippen molar-refractivity contribution in [2.75, 3.05) is 10.7 Å². The molecule has 6 nitrogen and oxygen atoms in total. The highest BCUT2D eigenvalue weighted by molar-refractivity contribution is 8.00. The summed E-state index contributed by atoms with van der Waals surface area (Å²) < 4.78 is 1.33. The van der Waals surface area contributed by atoms with Crippen molar-refractivity contribution in [1.82, 2.24) is 14.6 Å². The van der Waals surface area contributed by atoms with E-state index in [1.54, 1.807) is 4.90 Å². The number of aryl methyl sites for hydroxylation is 1. The zero-order chi connectivity index (χ0) is 16.7. The first-order chi connectivity index (χ1) is 11.7. The molecule has 0 saturated heterocycles. The Morgan fingerprint density at radius 1 is 1.25 bits per heavy atom. The molecule has 8 heteroatoms. The molecular weight excluding hydrogens is 344 g/mol. The lowest BCUT2D eigenvalue weighted by Crippen LogP contribution is -2.35. The maximum absolute atomic E-state index is 12.3. The number of amides is 1. The summed E-state index contributed by atoms with van der Waals surface area (Å²) in [6.07, 6.45) is 0.762. The number of hydrogen-bond donors (Lipinski definition) is 0. The van der Waals surface area contributed by atoms with Gasteiger partial charge in [-0.2, -0.15) is 9.61 Å². The van der Waals surface area contributed by atoms with Crippen molar-refractivity contribution in [3.8, 4) is 0 Å². The lowest BCUT2D eigenvalue weighted by molar-refractivity contribution is -0.116. The standard InChI is InChI=1S/C16H14N4O2S2/c1-2-13-18-20-14(21)7-10(17-16(20)24-13)8-19-11-5-3-4-6-12(11)23-9-15(19)22/h3-7H,2,8-9H2,1H3. The van der Waals surface area contributed by atoms with Crippen molar-refractivity contribution < 1.29 is 4.79 Å². The van der Waals surface area contributed by atoms with Gasteiger partial charge in [0.1, 0.15) is 5.01 Å². The number of carbonyl (C=O) groups excluding carboxylic acids is 1. The van der Waals surface area contributed by atoms with Gasteiger partial charge < -0.3 is 4.90 Å². The normalized spacial score (nSPS) is 14.2. The van der Waals surface area contributed by atoms with Crippen LogP contribution in [0.3, 0.4) is 0 Å². The Kier molecular flexibility index (Phi) is 3.85. The third-order valence-corrected chi connectivity index (χ3v) is 5.87. The second kappa shape index (κ2) is 6.03. The molecule has 0 N–H and O–H groups in total. The Bertz CT molecular complexity index is 995. The average molecular weight is 358 g/mol. The highest BCUT2D eigenvalue weighted by Gasteiger charge is 2.25. The topological polar surface area (TPSA) is 67.6 Å². The predicted octanol–water partition coefficient (Wildman–Crippen LogP) is 2.35. The molecule has 4 rings (SSSR count). The van der Waals surface area contributed by atoms with Crippen LogP contribution >= 0.6 is 23.1 Å². The highest BCUT2D eigenvalue weighted by atomic mass is 32.2. The number of aromatic nitrogens is 3. The lowest BCUT2D eigenvalue weighted by Gasteiger charge is -2.28. The van der Waals surface area contributed by atoms with Crippen LogP contribution in [-0.4, -0.2) is 26.3 Å². The minimum absolute atomic E-state index is 0.0271. The van der Waals surface area contributed by atoms with Gasteiger partial charge in [-0.1, -0.05) is 30.4 Å². The largest absolute Gasteiger partial charge is 0.305 e. The van der Waals surface area contributed by atoms with Crippen molar-refractivity contribution in [3.63, 3.8) is 0 Å². The first-order valence-corrected chi connectivity index (χ1v) is 9.37. The van der Waals surface area contributed by atoms with Gasteiger partial charge in [0.25, 0.3) is 5.56 Å². The number of para-hydroxylation sites is 1. The van der Waals surface area contributed by atoms with E-state index in [1.807, 2.05) is 31.2 Å². The number of carbonyl (C=O) groups is 1. The molecule has 1 aliphatic rings. The SMILES string of the molecule is CCc1nn2c(=O)cc(CN3C(=O)CSc4ccccc43)nc2s1. The minimum atomic E-state index is -0.210. The van der Waals surface area contributed by atoms with E-state index in [4.69, 9.17) is 0 Å². The van der Waals surface area contributed by atoms with Crippen LogP contribution in [0.5, 0.6) is 0 Å². The van der Waals surface area contributed by atoms with Crippen LogP contribution in [0.15, 0.2) is 40.0 Å². The monoisotopic (exact) mass is 358 g/mol. The van der Waals surface area contributed by atoms with E-state index in [1.165, 1.54) is 33.7 Å². The van der Waals surface area contributed by atoms with Crippen molar-refractivity contribution in [3.05, 3.63) is 51.4 Å². The smallest absolute Gasteiger partial charge is 0.275 e. The van der Waals surface area contributed by atoms with Crippen LogP contribution in [0, 0.1) is 0 Å². The van der Waals surface area contributed by atoms with Crippen molar-refractivity contribution >= 4 is 39.7 Å². The number of fused-ring (bicyclic) bond motifs is 2. The van der Waals surface area contributed by atoms with Crippen LogP contribution in [0.2, 0.25) is 0 Å². The van der Waals surface area contributed by atoms with E-state index in [2.05, 4.69) is 10.1 Å². The van der Waals surface area contributed by atoms with E-state index < -0.39 is 0 Å². The molecule has 1 aromatic carbocycles. The van der Waals surface area contributed by atoms with Crippen molar-refractivity contribution in [2.24, 2.45) is 0 Å². The van der Waals surface area contributed by atoms with E-state index in [9.17, 15) is 9.59 Å². The Labute approximate surface area is 146 Å². The van der Waals surface area contributed by atoms with Crippen LogP contribution in [0.4, 0.5) is 5.69 Å². The number of anilines is 1. The quantitative estimate of drug-likeness (QED) is 0.719. The fourth-order valence-corrected chi connectivity index (χ4v) is 4.40. The maximum Gasteiger partial charge on any atom is 0.275 e. The molecule has 0 spiro atoms. The molecule has 1 amide bonds. The molecule has 0 saturated carbocycles. The van der Waals surface area contributed by atoms with E-state index in [0.717, 1.165) is 22.0 Å². The van der Waals surface area contributed by atoms with Crippen LogP contribution in [-0.2, 0) is 17.8 Å². The van der Waals surface area contributed by atoms with E-state index in [-0.39, 0.29) is 11.5 Å². The number of rotatable bonds is 3. The Morgan fingerprint density at radius 2 is 2.08 bits per heavy atom. The first kappa shape index (κ1) is 15.3. The summed E-state index contributed by atoms with van der Waals surface area (Å²) in [7, 11) is 0. The van der Waals surface area contributed by atoms with Gasteiger partial charge in [0.05, 0.1) is 23.7 Å². The number of thioether (sulfide) groups is 1. The van der Waals surface area contributed by atoms with Gasteiger partial charge in [0, 0.05) is 11.0 Å². The zero-order valence-electron chi connectivity index (χ0n) is 12.9.